The number of rotatable bonds is 8. The second kappa shape index (κ2) is 8.60. The first-order chi connectivity index (χ1) is 8.27. The summed E-state index contributed by atoms with van der Waals surface area (Å²) in [7, 11) is 0. The monoisotopic (exact) mass is 251 g/mol. The van der Waals surface area contributed by atoms with Crippen LogP contribution in [0.5, 0.6) is 0 Å². The topological polar surface area (TPSA) is 12.0 Å². The summed E-state index contributed by atoms with van der Waals surface area (Å²) in [6, 6.07) is 9.44. The van der Waals surface area contributed by atoms with Crippen LogP contribution in [-0.4, -0.2) is 18.1 Å². The zero-order chi connectivity index (χ0) is 12.5. The molecule has 1 aromatic carbocycles. The van der Waals surface area contributed by atoms with Crippen molar-refractivity contribution in [3.8, 4) is 0 Å². The predicted molar refractivity (Wildman–Crippen MR) is 79.8 cm³/mol. The van der Waals surface area contributed by atoms with Gasteiger partial charge in [-0.15, -0.1) is 0 Å². The molecule has 0 amide bonds. The smallest absolute Gasteiger partial charge is 0.0411 e. The normalized spacial score (nSPS) is 12.6. The number of hydrogen-bond acceptors (Lipinski definition) is 2. The first-order valence-corrected chi connectivity index (χ1v) is 7.81. The van der Waals surface area contributed by atoms with Crippen LogP contribution < -0.4 is 5.32 Å². The summed E-state index contributed by atoms with van der Waals surface area (Å²) in [5, 5.41) is 3.64. The maximum absolute atomic E-state index is 3.64. The minimum atomic E-state index is 0.507. The van der Waals surface area contributed by atoms with Crippen molar-refractivity contribution < 1.29 is 0 Å². The van der Waals surface area contributed by atoms with Gasteiger partial charge in [0.2, 0.25) is 0 Å². The molecule has 2 heteroatoms. The molecule has 0 bridgehead atoms. The molecule has 1 rings (SSSR count). The molecule has 0 aliphatic rings. The van der Waals surface area contributed by atoms with E-state index in [2.05, 4.69) is 50.4 Å². The van der Waals surface area contributed by atoms with Crippen molar-refractivity contribution in [2.24, 2.45) is 0 Å². The van der Waals surface area contributed by atoms with Crippen molar-refractivity contribution in [2.45, 2.75) is 39.7 Å². The van der Waals surface area contributed by atoms with E-state index in [1.54, 1.807) is 0 Å². The van der Waals surface area contributed by atoms with Crippen molar-refractivity contribution >= 4 is 11.8 Å². The first kappa shape index (κ1) is 14.6. The van der Waals surface area contributed by atoms with E-state index in [1.165, 1.54) is 35.5 Å². The van der Waals surface area contributed by atoms with Gasteiger partial charge in [0.1, 0.15) is 0 Å². The van der Waals surface area contributed by atoms with Gasteiger partial charge in [-0.1, -0.05) is 43.7 Å². The zero-order valence-electron chi connectivity index (χ0n) is 11.3. The highest BCUT2D eigenvalue weighted by Crippen LogP contribution is 2.19. The molecule has 0 spiro atoms. The number of hydrogen-bond donors (Lipinski definition) is 1. The molecule has 0 saturated carbocycles. The van der Waals surface area contributed by atoms with E-state index >= 15 is 0 Å². The SMILES string of the molecule is CCCNC(CSCCC)c1ccc(C)cc1. The molecule has 0 saturated heterocycles. The van der Waals surface area contributed by atoms with Crippen molar-refractivity contribution in [1.29, 1.82) is 0 Å². The molecule has 1 unspecified atom stereocenters. The summed E-state index contributed by atoms with van der Waals surface area (Å²) in [6.45, 7) is 7.71. The summed E-state index contributed by atoms with van der Waals surface area (Å²) in [4.78, 5) is 0. The Hall–Kier alpha value is -0.470. The summed E-state index contributed by atoms with van der Waals surface area (Å²) in [5.74, 6) is 2.44. The quantitative estimate of drug-likeness (QED) is 0.696. The molecule has 0 fully saturated rings. The predicted octanol–water partition coefficient (Wildman–Crippen LogP) is 4.18. The van der Waals surface area contributed by atoms with Crippen LogP contribution >= 0.6 is 11.8 Å². The molecule has 1 atom stereocenters. The Morgan fingerprint density at radius 2 is 1.82 bits per heavy atom. The molecular formula is C15H25NS. The molecule has 96 valence electrons. The van der Waals surface area contributed by atoms with E-state index in [-0.39, 0.29) is 0 Å². The lowest BCUT2D eigenvalue weighted by Gasteiger charge is -2.18. The van der Waals surface area contributed by atoms with Gasteiger partial charge in [0.25, 0.3) is 0 Å². The standard InChI is InChI=1S/C15H25NS/c1-4-10-16-15(12-17-11-5-2)14-8-6-13(3)7-9-14/h6-9,15-16H,4-5,10-12H2,1-3H3. The Labute approximate surface area is 110 Å². The van der Waals surface area contributed by atoms with Gasteiger partial charge >= 0.3 is 0 Å². The maximum Gasteiger partial charge on any atom is 0.0411 e. The lowest BCUT2D eigenvalue weighted by atomic mass is 10.1. The van der Waals surface area contributed by atoms with Crippen LogP contribution in [0.1, 0.15) is 43.9 Å². The van der Waals surface area contributed by atoms with Crippen LogP contribution in [-0.2, 0) is 0 Å². The van der Waals surface area contributed by atoms with Crippen LogP contribution in [0, 0.1) is 6.92 Å². The number of nitrogens with one attached hydrogen (secondary N) is 1. The van der Waals surface area contributed by atoms with Crippen LogP contribution in [0.15, 0.2) is 24.3 Å². The molecule has 1 nitrogen and oxygen atoms in total. The summed E-state index contributed by atoms with van der Waals surface area (Å²) < 4.78 is 0. The number of thioether (sulfide) groups is 1. The highest BCUT2D eigenvalue weighted by Gasteiger charge is 2.09. The molecule has 0 aromatic heterocycles. The van der Waals surface area contributed by atoms with Gasteiger partial charge in [-0.05, 0) is 37.6 Å². The van der Waals surface area contributed by atoms with E-state index in [1.807, 2.05) is 11.8 Å². The Morgan fingerprint density at radius 3 is 2.41 bits per heavy atom. The van der Waals surface area contributed by atoms with Crippen molar-refractivity contribution in [3.05, 3.63) is 35.4 Å². The van der Waals surface area contributed by atoms with Gasteiger partial charge in [0.15, 0.2) is 0 Å². The largest absolute Gasteiger partial charge is 0.309 e. The van der Waals surface area contributed by atoms with Crippen LogP contribution in [0.3, 0.4) is 0 Å². The minimum Gasteiger partial charge on any atom is -0.309 e. The molecule has 1 N–H and O–H groups in total. The van der Waals surface area contributed by atoms with Crippen molar-refractivity contribution in [1.82, 2.24) is 5.32 Å². The Balaban J connectivity index is 2.57. The lowest BCUT2D eigenvalue weighted by molar-refractivity contribution is 0.577. The van der Waals surface area contributed by atoms with Crippen LogP contribution in [0.2, 0.25) is 0 Å². The molecule has 17 heavy (non-hydrogen) atoms. The summed E-state index contributed by atoms with van der Waals surface area (Å²) in [6.07, 6.45) is 2.46. The average molecular weight is 251 g/mol. The van der Waals surface area contributed by atoms with Gasteiger partial charge in [0, 0.05) is 11.8 Å². The van der Waals surface area contributed by atoms with Gasteiger partial charge in [-0.3, -0.25) is 0 Å². The third kappa shape index (κ3) is 5.60. The molecule has 0 aliphatic heterocycles. The third-order valence-corrected chi connectivity index (χ3v) is 4.02. The van der Waals surface area contributed by atoms with E-state index < -0.39 is 0 Å². The fourth-order valence-corrected chi connectivity index (χ4v) is 2.74. The van der Waals surface area contributed by atoms with Gasteiger partial charge in [-0.25, -0.2) is 0 Å². The van der Waals surface area contributed by atoms with E-state index in [0.717, 1.165) is 6.54 Å². The number of aryl methyl sites for hydroxylation is 1. The highest BCUT2D eigenvalue weighted by molar-refractivity contribution is 7.99. The fourth-order valence-electron chi connectivity index (χ4n) is 1.74. The zero-order valence-corrected chi connectivity index (χ0v) is 12.1. The molecule has 1 aromatic rings. The highest BCUT2D eigenvalue weighted by atomic mass is 32.2. The molecule has 0 heterocycles. The Bertz CT molecular complexity index is 294. The maximum atomic E-state index is 3.64. The minimum absolute atomic E-state index is 0.507. The summed E-state index contributed by atoms with van der Waals surface area (Å²) in [5.41, 5.74) is 2.76. The van der Waals surface area contributed by atoms with Crippen LogP contribution in [0.4, 0.5) is 0 Å². The van der Waals surface area contributed by atoms with Crippen molar-refractivity contribution in [3.63, 3.8) is 0 Å². The average Bonchev–Trinajstić information content (AvgIpc) is 2.35. The lowest BCUT2D eigenvalue weighted by Crippen LogP contribution is -2.24. The third-order valence-electron chi connectivity index (χ3n) is 2.75. The molecular weight excluding hydrogens is 226 g/mol. The number of benzene rings is 1. The second-order valence-corrected chi connectivity index (χ2v) is 5.64. The van der Waals surface area contributed by atoms with Crippen LogP contribution in [0.25, 0.3) is 0 Å². The molecule has 0 radical (unpaired) electrons. The van der Waals surface area contributed by atoms with Gasteiger partial charge in [-0.2, -0.15) is 11.8 Å². The second-order valence-electron chi connectivity index (χ2n) is 4.49. The fraction of sp³-hybridized carbons (Fsp3) is 0.600. The van der Waals surface area contributed by atoms with E-state index in [0.29, 0.717) is 6.04 Å². The van der Waals surface area contributed by atoms with Gasteiger partial charge in [0.05, 0.1) is 0 Å². The summed E-state index contributed by atoms with van der Waals surface area (Å²) >= 11 is 2.05. The first-order valence-electron chi connectivity index (χ1n) is 6.65. The Kier molecular flexibility index (Phi) is 7.38. The van der Waals surface area contributed by atoms with Gasteiger partial charge < -0.3 is 5.32 Å². The molecule has 0 aliphatic carbocycles. The van der Waals surface area contributed by atoms with E-state index in [9.17, 15) is 0 Å². The van der Waals surface area contributed by atoms with Crippen molar-refractivity contribution in [2.75, 3.05) is 18.1 Å². The van der Waals surface area contributed by atoms with E-state index in [4.69, 9.17) is 0 Å². The Morgan fingerprint density at radius 1 is 1.12 bits per heavy atom.